The van der Waals surface area contributed by atoms with Crippen molar-refractivity contribution in [3.8, 4) is 22.3 Å². The number of benzene rings is 5. The van der Waals surface area contributed by atoms with Gasteiger partial charge in [-0.3, -0.25) is 0 Å². The first-order valence-electron chi connectivity index (χ1n) is 9.98. The quantitative estimate of drug-likeness (QED) is 0.257. The summed E-state index contributed by atoms with van der Waals surface area (Å²) in [7, 11) is 0. The molecule has 0 aliphatic carbocycles. The normalized spacial score (nSPS) is 11.5. The Balaban J connectivity index is 1.82. The van der Waals surface area contributed by atoms with E-state index in [-0.39, 0.29) is 0 Å². The van der Waals surface area contributed by atoms with Crippen LogP contribution in [0, 0.1) is 0 Å². The fourth-order valence-corrected chi connectivity index (χ4v) is 4.94. The lowest BCUT2D eigenvalue weighted by atomic mass is 9.94. The van der Waals surface area contributed by atoms with Gasteiger partial charge in [-0.25, -0.2) is 0 Å². The van der Waals surface area contributed by atoms with Crippen LogP contribution in [-0.2, 0) is 0 Å². The van der Waals surface area contributed by atoms with Crippen LogP contribution in [0.3, 0.4) is 0 Å². The number of fused-ring (bicyclic) bond motifs is 5. The maximum Gasteiger partial charge on any atom is 0.143 e. The molecule has 6 rings (SSSR count). The summed E-state index contributed by atoms with van der Waals surface area (Å²) in [5.74, 6) is 0. The second kappa shape index (κ2) is 6.86. The molecule has 5 aromatic carbocycles. The molecular formula is C28H17BrO. The maximum absolute atomic E-state index is 6.65. The topological polar surface area (TPSA) is 13.1 Å². The van der Waals surface area contributed by atoms with Crippen molar-refractivity contribution in [2.45, 2.75) is 0 Å². The van der Waals surface area contributed by atoms with Gasteiger partial charge in [-0.05, 0) is 34.2 Å². The van der Waals surface area contributed by atoms with Gasteiger partial charge in [-0.2, -0.15) is 0 Å². The van der Waals surface area contributed by atoms with Crippen molar-refractivity contribution in [2.75, 3.05) is 0 Å². The van der Waals surface area contributed by atoms with Crippen LogP contribution in [-0.4, -0.2) is 0 Å². The molecule has 1 nitrogen and oxygen atoms in total. The van der Waals surface area contributed by atoms with Crippen LogP contribution in [0.2, 0.25) is 0 Å². The van der Waals surface area contributed by atoms with Gasteiger partial charge in [0.1, 0.15) is 11.2 Å². The standard InChI is InChI=1S/C28H17BrO/c29-25-17-24-26-20(18-9-3-1-4-10-18)15-16-21(19-11-5-2-6-12-19)28(26)30-27(24)23-14-8-7-13-22(23)25/h1-17H. The highest BCUT2D eigenvalue weighted by atomic mass is 79.9. The summed E-state index contributed by atoms with van der Waals surface area (Å²) in [5.41, 5.74) is 6.51. The molecule has 2 heteroatoms. The summed E-state index contributed by atoms with van der Waals surface area (Å²) in [6.45, 7) is 0. The molecule has 0 saturated carbocycles. The van der Waals surface area contributed by atoms with E-state index in [0.29, 0.717) is 0 Å². The van der Waals surface area contributed by atoms with Gasteiger partial charge in [0.25, 0.3) is 0 Å². The summed E-state index contributed by atoms with van der Waals surface area (Å²) in [5, 5.41) is 4.57. The van der Waals surface area contributed by atoms with Crippen molar-refractivity contribution < 1.29 is 4.42 Å². The number of halogens is 1. The number of furan rings is 1. The fraction of sp³-hybridized carbons (Fsp3) is 0. The van der Waals surface area contributed by atoms with E-state index in [9.17, 15) is 0 Å². The molecule has 0 bridgehead atoms. The van der Waals surface area contributed by atoms with Crippen LogP contribution < -0.4 is 0 Å². The van der Waals surface area contributed by atoms with Crippen molar-refractivity contribution in [1.29, 1.82) is 0 Å². The Kier molecular flexibility index (Phi) is 4.00. The minimum Gasteiger partial charge on any atom is -0.455 e. The van der Waals surface area contributed by atoms with E-state index in [1.807, 2.05) is 6.07 Å². The molecule has 0 saturated heterocycles. The van der Waals surface area contributed by atoms with E-state index in [4.69, 9.17) is 4.42 Å². The highest BCUT2D eigenvalue weighted by Gasteiger charge is 2.19. The predicted octanol–water partition coefficient (Wildman–Crippen LogP) is 8.84. The molecule has 0 spiro atoms. The smallest absolute Gasteiger partial charge is 0.143 e. The van der Waals surface area contributed by atoms with Crippen LogP contribution in [0.1, 0.15) is 0 Å². The third-order valence-electron chi connectivity index (χ3n) is 5.75. The Hall–Kier alpha value is -3.36. The predicted molar refractivity (Wildman–Crippen MR) is 130 cm³/mol. The van der Waals surface area contributed by atoms with Crippen LogP contribution in [0.25, 0.3) is 55.0 Å². The molecule has 0 N–H and O–H groups in total. The largest absolute Gasteiger partial charge is 0.455 e. The van der Waals surface area contributed by atoms with E-state index >= 15 is 0 Å². The second-order valence-electron chi connectivity index (χ2n) is 7.48. The molecule has 0 aliphatic rings. The van der Waals surface area contributed by atoms with Crippen LogP contribution in [0.4, 0.5) is 0 Å². The molecule has 30 heavy (non-hydrogen) atoms. The fourth-order valence-electron chi connectivity index (χ4n) is 4.36. The summed E-state index contributed by atoms with van der Waals surface area (Å²) >= 11 is 3.79. The van der Waals surface area contributed by atoms with E-state index in [0.717, 1.165) is 48.3 Å². The molecule has 0 aliphatic heterocycles. The number of hydrogen-bond donors (Lipinski definition) is 0. The van der Waals surface area contributed by atoms with Gasteiger partial charge >= 0.3 is 0 Å². The molecule has 0 fully saturated rings. The average Bonchev–Trinajstić information content (AvgIpc) is 3.19. The molecule has 1 aromatic heterocycles. The Morgan fingerprint density at radius 3 is 1.77 bits per heavy atom. The highest BCUT2D eigenvalue weighted by Crippen LogP contribution is 2.44. The zero-order valence-corrected chi connectivity index (χ0v) is 17.7. The average molecular weight is 449 g/mol. The molecule has 0 radical (unpaired) electrons. The van der Waals surface area contributed by atoms with Crippen molar-refractivity contribution in [3.63, 3.8) is 0 Å². The van der Waals surface area contributed by atoms with Gasteiger partial charge in [0, 0.05) is 26.2 Å². The van der Waals surface area contributed by atoms with Crippen LogP contribution in [0.15, 0.2) is 112 Å². The molecule has 0 amide bonds. The van der Waals surface area contributed by atoms with Crippen LogP contribution in [0.5, 0.6) is 0 Å². The van der Waals surface area contributed by atoms with Crippen molar-refractivity contribution in [1.82, 2.24) is 0 Å². The SMILES string of the molecule is Brc1cc2c(oc3c(-c4ccccc4)ccc(-c4ccccc4)c32)c2ccccc12. The minimum absolute atomic E-state index is 0.931. The number of rotatable bonds is 2. The molecule has 142 valence electrons. The summed E-state index contributed by atoms with van der Waals surface area (Å²) in [6, 6.07) is 36.0. The molecular weight excluding hydrogens is 432 g/mol. The minimum atomic E-state index is 0.931. The van der Waals surface area contributed by atoms with Crippen molar-refractivity contribution in [2.24, 2.45) is 0 Å². The van der Waals surface area contributed by atoms with E-state index in [2.05, 4.69) is 113 Å². The van der Waals surface area contributed by atoms with E-state index < -0.39 is 0 Å². The zero-order chi connectivity index (χ0) is 20.1. The van der Waals surface area contributed by atoms with Gasteiger partial charge in [0.05, 0.1) is 0 Å². The van der Waals surface area contributed by atoms with Crippen LogP contribution >= 0.6 is 15.9 Å². The molecule has 6 aromatic rings. The third-order valence-corrected chi connectivity index (χ3v) is 6.40. The van der Waals surface area contributed by atoms with Crippen molar-refractivity contribution >= 4 is 48.6 Å². The lowest BCUT2D eigenvalue weighted by Crippen LogP contribution is -1.83. The summed E-state index contributed by atoms with van der Waals surface area (Å²) < 4.78 is 7.73. The molecule has 0 atom stereocenters. The van der Waals surface area contributed by atoms with E-state index in [1.165, 1.54) is 11.1 Å². The molecule has 0 unspecified atom stereocenters. The first-order chi connectivity index (χ1) is 14.8. The van der Waals surface area contributed by atoms with Gasteiger partial charge in [-0.1, -0.05) is 107 Å². The first-order valence-corrected chi connectivity index (χ1v) is 10.8. The Morgan fingerprint density at radius 1 is 0.500 bits per heavy atom. The summed E-state index contributed by atoms with van der Waals surface area (Å²) in [6.07, 6.45) is 0. The van der Waals surface area contributed by atoms with Crippen molar-refractivity contribution in [3.05, 3.63) is 108 Å². The van der Waals surface area contributed by atoms with Gasteiger partial charge in [-0.15, -0.1) is 0 Å². The highest BCUT2D eigenvalue weighted by molar-refractivity contribution is 9.10. The van der Waals surface area contributed by atoms with E-state index in [1.54, 1.807) is 0 Å². The molecule has 1 heterocycles. The lowest BCUT2D eigenvalue weighted by molar-refractivity contribution is 0.674. The third kappa shape index (κ3) is 2.61. The Labute approximate surface area is 182 Å². The maximum atomic E-state index is 6.65. The second-order valence-corrected chi connectivity index (χ2v) is 8.33. The Morgan fingerprint density at radius 2 is 1.07 bits per heavy atom. The van der Waals surface area contributed by atoms with Gasteiger partial charge < -0.3 is 4.42 Å². The lowest BCUT2D eigenvalue weighted by Gasteiger charge is -2.08. The monoisotopic (exact) mass is 448 g/mol. The number of hydrogen-bond acceptors (Lipinski definition) is 1. The zero-order valence-electron chi connectivity index (χ0n) is 16.1. The first kappa shape index (κ1) is 17.5. The Bertz CT molecular complexity index is 1530. The summed E-state index contributed by atoms with van der Waals surface area (Å²) in [4.78, 5) is 0. The van der Waals surface area contributed by atoms with Gasteiger partial charge in [0.2, 0.25) is 0 Å². The van der Waals surface area contributed by atoms with Gasteiger partial charge in [0.15, 0.2) is 0 Å².